The molecule has 0 saturated carbocycles. The number of fused-ring (bicyclic) bond motifs is 1. The molecule has 6 heteroatoms. The molecule has 6 nitrogen and oxygen atoms in total. The smallest absolute Gasteiger partial charge is 0.254 e. The van der Waals surface area contributed by atoms with E-state index in [1.807, 2.05) is 41.3 Å². The van der Waals surface area contributed by atoms with Gasteiger partial charge in [0.2, 0.25) is 5.91 Å². The van der Waals surface area contributed by atoms with Crippen molar-refractivity contribution in [1.29, 1.82) is 0 Å². The molecule has 0 spiro atoms. The van der Waals surface area contributed by atoms with Gasteiger partial charge < -0.3 is 19.7 Å². The summed E-state index contributed by atoms with van der Waals surface area (Å²) in [6.45, 7) is 5.60. The average molecular weight is 425 g/mol. The van der Waals surface area contributed by atoms with Crippen LogP contribution in [0.2, 0.25) is 0 Å². The molecule has 1 aliphatic rings. The normalized spacial score (nSPS) is 13.0. The molecule has 1 N–H and O–H groups in total. The number of carbonyl (C=O) groups excluding carboxylic acids is 2. The highest BCUT2D eigenvalue weighted by Gasteiger charge is 2.28. The third-order valence-corrected chi connectivity index (χ3v) is 5.53. The summed E-state index contributed by atoms with van der Waals surface area (Å²) >= 11 is 0. The largest absolute Gasteiger partial charge is 0.493 e. The maximum Gasteiger partial charge on any atom is 0.254 e. The molecule has 0 aromatic heterocycles. The summed E-state index contributed by atoms with van der Waals surface area (Å²) in [5, 5.41) is 2.77. The first-order valence-corrected chi connectivity index (χ1v) is 11.0. The Labute approximate surface area is 184 Å². The van der Waals surface area contributed by atoms with Gasteiger partial charge in [-0.15, -0.1) is 0 Å². The Bertz CT molecular complexity index is 908. The highest BCUT2D eigenvalue weighted by molar-refractivity contribution is 5.98. The van der Waals surface area contributed by atoms with E-state index in [4.69, 9.17) is 9.47 Å². The third-order valence-electron chi connectivity index (χ3n) is 5.53. The summed E-state index contributed by atoms with van der Waals surface area (Å²) < 4.78 is 11.5. The van der Waals surface area contributed by atoms with Crippen molar-refractivity contribution >= 4 is 17.5 Å². The fraction of sp³-hybridized carbons (Fsp3) is 0.440. The average Bonchev–Trinajstić information content (AvgIpc) is 2.77. The summed E-state index contributed by atoms with van der Waals surface area (Å²) in [5.41, 5.74) is 3.57. The van der Waals surface area contributed by atoms with Crippen LogP contribution in [-0.2, 0) is 17.6 Å². The van der Waals surface area contributed by atoms with Crippen LogP contribution in [0.3, 0.4) is 0 Å². The van der Waals surface area contributed by atoms with Gasteiger partial charge in [0.1, 0.15) is 0 Å². The number of amides is 2. The first kappa shape index (κ1) is 22.7. The van der Waals surface area contributed by atoms with Crippen LogP contribution in [0, 0.1) is 0 Å². The van der Waals surface area contributed by atoms with Gasteiger partial charge in [0.25, 0.3) is 5.91 Å². The Kier molecular flexibility index (Phi) is 7.93. The second kappa shape index (κ2) is 10.8. The molecule has 166 valence electrons. The predicted octanol–water partition coefficient (Wildman–Crippen LogP) is 4.46. The van der Waals surface area contributed by atoms with Gasteiger partial charge in [-0.2, -0.15) is 0 Å². The minimum Gasteiger partial charge on any atom is -0.493 e. The van der Waals surface area contributed by atoms with E-state index in [1.165, 1.54) is 6.92 Å². The van der Waals surface area contributed by atoms with Gasteiger partial charge in [-0.05, 0) is 49.1 Å². The number of benzene rings is 2. The van der Waals surface area contributed by atoms with Gasteiger partial charge in [0, 0.05) is 36.8 Å². The Morgan fingerprint density at radius 3 is 2.58 bits per heavy atom. The Morgan fingerprint density at radius 2 is 1.90 bits per heavy atom. The zero-order valence-electron chi connectivity index (χ0n) is 18.7. The Hall–Kier alpha value is -3.02. The summed E-state index contributed by atoms with van der Waals surface area (Å²) in [4.78, 5) is 26.2. The lowest BCUT2D eigenvalue weighted by molar-refractivity contribution is -0.114. The lowest BCUT2D eigenvalue weighted by atomic mass is 9.96. The molecule has 0 radical (unpaired) electrons. The van der Waals surface area contributed by atoms with Crippen molar-refractivity contribution in [2.24, 2.45) is 0 Å². The van der Waals surface area contributed by atoms with Crippen LogP contribution < -0.4 is 14.8 Å². The van der Waals surface area contributed by atoms with Crippen molar-refractivity contribution in [2.75, 3.05) is 32.1 Å². The van der Waals surface area contributed by atoms with Gasteiger partial charge >= 0.3 is 0 Å². The number of unbranched alkanes of at least 4 members (excludes halogenated alkanes) is 2. The molecule has 2 aromatic carbocycles. The van der Waals surface area contributed by atoms with Crippen LogP contribution in [0.25, 0.3) is 0 Å². The Balaban J connectivity index is 1.66. The minimum atomic E-state index is -0.0873. The van der Waals surface area contributed by atoms with Crippen LogP contribution in [0.5, 0.6) is 11.5 Å². The monoisotopic (exact) mass is 424 g/mol. The van der Waals surface area contributed by atoms with Crippen molar-refractivity contribution in [2.45, 2.75) is 46.0 Å². The van der Waals surface area contributed by atoms with Crippen LogP contribution in [0.4, 0.5) is 5.69 Å². The highest BCUT2D eigenvalue weighted by Crippen LogP contribution is 2.37. The summed E-state index contributed by atoms with van der Waals surface area (Å²) in [5.74, 6) is 1.36. The zero-order valence-corrected chi connectivity index (χ0v) is 18.7. The first-order chi connectivity index (χ1) is 15.0. The van der Waals surface area contributed by atoms with Crippen molar-refractivity contribution in [3.05, 3.63) is 53.1 Å². The molecule has 0 bridgehead atoms. The fourth-order valence-electron chi connectivity index (χ4n) is 3.85. The van der Waals surface area contributed by atoms with Gasteiger partial charge in [0.05, 0.1) is 13.7 Å². The van der Waals surface area contributed by atoms with E-state index < -0.39 is 0 Å². The highest BCUT2D eigenvalue weighted by atomic mass is 16.5. The van der Waals surface area contributed by atoms with E-state index in [0.29, 0.717) is 31.0 Å². The van der Waals surface area contributed by atoms with Crippen LogP contribution in [0.15, 0.2) is 36.4 Å². The molecule has 31 heavy (non-hydrogen) atoms. The van der Waals surface area contributed by atoms with Crippen molar-refractivity contribution < 1.29 is 19.1 Å². The minimum absolute atomic E-state index is 0.0391. The number of rotatable bonds is 10. The van der Waals surface area contributed by atoms with Crippen molar-refractivity contribution in [3.63, 3.8) is 0 Å². The van der Waals surface area contributed by atoms with Gasteiger partial charge in [-0.1, -0.05) is 31.9 Å². The first-order valence-electron chi connectivity index (χ1n) is 11.0. The second-order valence-electron chi connectivity index (χ2n) is 7.85. The third kappa shape index (κ3) is 5.78. The lowest BCUT2D eigenvalue weighted by Gasteiger charge is -2.30. The number of hydrogen-bond donors (Lipinski definition) is 1. The molecule has 0 saturated heterocycles. The van der Waals surface area contributed by atoms with Gasteiger partial charge in [-0.3, -0.25) is 9.59 Å². The molecule has 1 heterocycles. The maximum absolute atomic E-state index is 13.1. The van der Waals surface area contributed by atoms with Crippen LogP contribution >= 0.6 is 0 Å². The van der Waals surface area contributed by atoms with Gasteiger partial charge in [0.15, 0.2) is 11.5 Å². The fourth-order valence-corrected chi connectivity index (χ4v) is 3.85. The van der Waals surface area contributed by atoms with E-state index in [-0.39, 0.29) is 11.8 Å². The van der Waals surface area contributed by atoms with E-state index >= 15 is 0 Å². The number of nitrogens with zero attached hydrogens (tertiary/aromatic N) is 1. The van der Waals surface area contributed by atoms with Crippen LogP contribution in [0.1, 0.15) is 54.6 Å². The van der Waals surface area contributed by atoms with E-state index in [1.54, 1.807) is 7.11 Å². The van der Waals surface area contributed by atoms with E-state index in [9.17, 15) is 9.59 Å². The molecule has 3 rings (SSSR count). The number of methoxy groups -OCH3 is 1. The number of ether oxygens (including phenoxy) is 2. The number of anilines is 1. The molecule has 2 aromatic rings. The van der Waals surface area contributed by atoms with E-state index in [0.717, 1.165) is 54.7 Å². The van der Waals surface area contributed by atoms with E-state index in [2.05, 4.69) is 12.2 Å². The number of hydrogen-bond acceptors (Lipinski definition) is 4. The summed E-state index contributed by atoms with van der Waals surface area (Å²) in [6, 6.07) is 11.4. The number of nitrogens with one attached hydrogen (secondary N) is 1. The second-order valence-corrected chi connectivity index (χ2v) is 7.85. The molecular formula is C25H32N2O4. The standard InChI is InChI=1S/C25H32N2O4/c1-4-5-6-17-31-24-21-14-16-27(25(29)22(21)11-12-23(24)30-3)15-13-19-7-9-20(10-8-19)26-18(2)28/h7-12H,4-6,13-17H2,1-3H3,(H,26,28). The molecule has 0 unspecified atom stereocenters. The summed E-state index contributed by atoms with van der Waals surface area (Å²) in [7, 11) is 1.63. The molecule has 0 aliphatic carbocycles. The van der Waals surface area contributed by atoms with Gasteiger partial charge in [-0.25, -0.2) is 0 Å². The maximum atomic E-state index is 13.1. The lowest BCUT2D eigenvalue weighted by Crippen LogP contribution is -2.39. The SMILES string of the molecule is CCCCCOc1c(OC)ccc2c1CCN(CCc1ccc(NC(C)=O)cc1)C2=O. The number of carbonyl (C=O) groups is 2. The topological polar surface area (TPSA) is 67.9 Å². The zero-order chi connectivity index (χ0) is 22.2. The molecule has 0 fully saturated rings. The van der Waals surface area contributed by atoms with Crippen LogP contribution in [-0.4, -0.2) is 43.5 Å². The quantitative estimate of drug-likeness (QED) is 0.572. The predicted molar refractivity (Wildman–Crippen MR) is 122 cm³/mol. The van der Waals surface area contributed by atoms with Crippen molar-refractivity contribution in [1.82, 2.24) is 4.90 Å². The molecule has 2 amide bonds. The molecular weight excluding hydrogens is 392 g/mol. The van der Waals surface area contributed by atoms with Crippen molar-refractivity contribution in [3.8, 4) is 11.5 Å². The summed E-state index contributed by atoms with van der Waals surface area (Å²) in [6.07, 6.45) is 4.76. The Morgan fingerprint density at radius 1 is 1.13 bits per heavy atom. The molecule has 1 aliphatic heterocycles. The molecule has 0 atom stereocenters.